The topological polar surface area (TPSA) is 93.1 Å². The standard InChI is InChI=1S/C38H62O6/c1-4-5-22-28-35(40)29-24-19-15-11-9-7-6-8-10-12-16-21-26-31-38(42)44-36(32-39)33-43-37(41)30-25-20-17-13-14-18-23-27-34(2)3/h5,7-10,15-16,19,21-22,24,29,34-36,39-40H,4,6,11-14,17-18,20,23,25-28,30-33H2,1-3H3/b9-7-,10-8-,19-15+,21-16-,22-5-,29-24+/t35?,36-/m0/s1. The van der Waals surface area contributed by atoms with Gasteiger partial charge in [0.05, 0.1) is 12.7 Å². The van der Waals surface area contributed by atoms with Crippen molar-refractivity contribution in [3.63, 3.8) is 0 Å². The van der Waals surface area contributed by atoms with Crippen molar-refractivity contribution in [2.45, 2.75) is 136 Å². The highest BCUT2D eigenvalue weighted by Gasteiger charge is 2.15. The van der Waals surface area contributed by atoms with Crippen LogP contribution in [0.25, 0.3) is 0 Å². The molecule has 44 heavy (non-hydrogen) atoms. The lowest BCUT2D eigenvalue weighted by Crippen LogP contribution is -2.28. The van der Waals surface area contributed by atoms with Gasteiger partial charge in [-0.3, -0.25) is 9.59 Å². The first-order valence-electron chi connectivity index (χ1n) is 17.0. The highest BCUT2D eigenvalue weighted by Crippen LogP contribution is 2.13. The van der Waals surface area contributed by atoms with Gasteiger partial charge < -0.3 is 19.7 Å². The molecule has 0 aromatic carbocycles. The van der Waals surface area contributed by atoms with E-state index in [1.807, 2.05) is 36.5 Å². The fourth-order valence-corrected chi connectivity index (χ4v) is 4.20. The summed E-state index contributed by atoms with van der Waals surface area (Å²) < 4.78 is 10.5. The average molecular weight is 615 g/mol. The maximum atomic E-state index is 12.1. The van der Waals surface area contributed by atoms with E-state index in [-0.39, 0.29) is 25.6 Å². The Morgan fingerprint density at radius 1 is 0.705 bits per heavy atom. The number of aliphatic hydroxyl groups is 2. The first-order chi connectivity index (χ1) is 21.4. The number of allylic oxidation sites excluding steroid dienone is 10. The molecule has 250 valence electrons. The van der Waals surface area contributed by atoms with Gasteiger partial charge in [0.1, 0.15) is 6.61 Å². The van der Waals surface area contributed by atoms with Crippen molar-refractivity contribution >= 4 is 11.9 Å². The second kappa shape index (κ2) is 31.7. The van der Waals surface area contributed by atoms with Crippen LogP contribution >= 0.6 is 0 Å². The lowest BCUT2D eigenvalue weighted by Gasteiger charge is -2.15. The Morgan fingerprint density at radius 3 is 1.95 bits per heavy atom. The van der Waals surface area contributed by atoms with Crippen LogP contribution in [0.1, 0.15) is 124 Å². The van der Waals surface area contributed by atoms with Gasteiger partial charge in [-0.15, -0.1) is 0 Å². The average Bonchev–Trinajstić information content (AvgIpc) is 3.00. The van der Waals surface area contributed by atoms with Gasteiger partial charge >= 0.3 is 11.9 Å². The van der Waals surface area contributed by atoms with Crippen LogP contribution in [0.5, 0.6) is 0 Å². The zero-order chi connectivity index (χ0) is 32.5. The van der Waals surface area contributed by atoms with Crippen LogP contribution in [0, 0.1) is 5.92 Å². The van der Waals surface area contributed by atoms with E-state index in [0.29, 0.717) is 19.3 Å². The molecule has 0 aliphatic heterocycles. The molecule has 1 unspecified atom stereocenters. The van der Waals surface area contributed by atoms with Crippen molar-refractivity contribution in [2.75, 3.05) is 13.2 Å². The summed E-state index contributed by atoms with van der Waals surface area (Å²) in [4.78, 5) is 24.1. The number of ether oxygens (including phenoxy) is 2. The minimum atomic E-state index is -0.824. The van der Waals surface area contributed by atoms with Crippen LogP contribution < -0.4 is 0 Å². The number of esters is 2. The maximum Gasteiger partial charge on any atom is 0.306 e. The molecule has 0 aliphatic carbocycles. The zero-order valence-electron chi connectivity index (χ0n) is 27.9. The molecule has 0 aromatic rings. The minimum absolute atomic E-state index is 0.110. The number of carbonyl (C=O) groups is 2. The van der Waals surface area contributed by atoms with Gasteiger partial charge in [0.15, 0.2) is 6.10 Å². The van der Waals surface area contributed by atoms with Crippen LogP contribution in [-0.4, -0.2) is 47.6 Å². The molecule has 0 amide bonds. The summed E-state index contributed by atoms with van der Waals surface area (Å²) in [5.41, 5.74) is 0. The van der Waals surface area contributed by atoms with Crippen molar-refractivity contribution in [3.8, 4) is 0 Å². The van der Waals surface area contributed by atoms with E-state index in [2.05, 4.69) is 51.2 Å². The predicted molar refractivity (Wildman–Crippen MR) is 183 cm³/mol. The molecule has 2 N–H and O–H groups in total. The molecule has 2 atom stereocenters. The number of hydrogen-bond donors (Lipinski definition) is 2. The van der Waals surface area contributed by atoms with E-state index in [4.69, 9.17) is 9.47 Å². The molecule has 0 saturated carbocycles. The molecule has 0 aromatic heterocycles. The highest BCUT2D eigenvalue weighted by molar-refractivity contribution is 5.70. The second-order valence-electron chi connectivity index (χ2n) is 11.5. The highest BCUT2D eigenvalue weighted by atomic mass is 16.6. The van der Waals surface area contributed by atoms with Crippen LogP contribution in [0.3, 0.4) is 0 Å². The van der Waals surface area contributed by atoms with E-state index in [9.17, 15) is 19.8 Å². The summed E-state index contributed by atoms with van der Waals surface area (Å²) in [5, 5.41) is 19.3. The number of rotatable bonds is 28. The van der Waals surface area contributed by atoms with Gasteiger partial charge in [0, 0.05) is 12.8 Å². The molecule has 0 spiro atoms. The molecule has 0 heterocycles. The van der Waals surface area contributed by atoms with E-state index >= 15 is 0 Å². The third-order valence-corrected chi connectivity index (χ3v) is 6.79. The van der Waals surface area contributed by atoms with E-state index in [1.165, 1.54) is 32.1 Å². The zero-order valence-corrected chi connectivity index (χ0v) is 27.9. The molecule has 0 bridgehead atoms. The summed E-state index contributed by atoms with van der Waals surface area (Å²) >= 11 is 0. The quantitative estimate of drug-likeness (QED) is 0.0395. The van der Waals surface area contributed by atoms with Gasteiger partial charge in [-0.25, -0.2) is 0 Å². The Morgan fingerprint density at radius 2 is 1.32 bits per heavy atom. The van der Waals surface area contributed by atoms with Crippen molar-refractivity contribution in [1.29, 1.82) is 0 Å². The van der Waals surface area contributed by atoms with Gasteiger partial charge in [-0.1, -0.05) is 139 Å². The van der Waals surface area contributed by atoms with Crippen LogP contribution in [0.15, 0.2) is 72.9 Å². The third kappa shape index (κ3) is 30.7. The Kier molecular flexibility index (Phi) is 29.8. The van der Waals surface area contributed by atoms with Gasteiger partial charge in [0.25, 0.3) is 0 Å². The van der Waals surface area contributed by atoms with Gasteiger partial charge in [0.2, 0.25) is 0 Å². The first-order valence-corrected chi connectivity index (χ1v) is 17.0. The maximum absolute atomic E-state index is 12.1. The van der Waals surface area contributed by atoms with Crippen LogP contribution in [-0.2, 0) is 19.1 Å². The van der Waals surface area contributed by atoms with Crippen LogP contribution in [0.4, 0.5) is 0 Å². The summed E-state index contributed by atoms with van der Waals surface area (Å²) in [6.45, 7) is 6.11. The molecule has 0 saturated heterocycles. The number of hydrogen-bond acceptors (Lipinski definition) is 6. The van der Waals surface area contributed by atoms with Crippen LogP contribution in [0.2, 0.25) is 0 Å². The molecule has 0 radical (unpaired) electrons. The SMILES string of the molecule is CC/C=C\CC(O)/C=C/C=C/C/C=C\C/C=C\C/C=C\CCC(=O)O[C@@H](CO)COC(=O)CCCCCCCCCC(C)C. The normalized spacial score (nSPS) is 14.0. The second-order valence-corrected chi connectivity index (χ2v) is 11.5. The van der Waals surface area contributed by atoms with Crippen molar-refractivity contribution in [1.82, 2.24) is 0 Å². The molecule has 0 aliphatic rings. The van der Waals surface area contributed by atoms with E-state index in [0.717, 1.165) is 50.9 Å². The molecular formula is C38H62O6. The summed E-state index contributed by atoms with van der Waals surface area (Å²) in [6.07, 6.45) is 37.4. The Hall–Kier alpha value is -2.70. The molecular weight excluding hydrogens is 552 g/mol. The minimum Gasteiger partial charge on any atom is -0.462 e. The summed E-state index contributed by atoms with van der Waals surface area (Å²) in [7, 11) is 0. The van der Waals surface area contributed by atoms with Crippen molar-refractivity contribution < 1.29 is 29.3 Å². The van der Waals surface area contributed by atoms with Crippen molar-refractivity contribution in [3.05, 3.63) is 72.9 Å². The largest absolute Gasteiger partial charge is 0.462 e. The first kappa shape index (κ1) is 41.3. The fraction of sp³-hybridized carbons (Fsp3) is 0.632. The summed E-state index contributed by atoms with van der Waals surface area (Å²) in [6, 6.07) is 0. The number of unbranched alkanes of at least 4 members (excludes halogenated alkanes) is 6. The molecule has 0 fully saturated rings. The fourth-order valence-electron chi connectivity index (χ4n) is 4.20. The molecule has 6 heteroatoms. The van der Waals surface area contributed by atoms with E-state index in [1.54, 1.807) is 6.08 Å². The van der Waals surface area contributed by atoms with Gasteiger partial charge in [-0.2, -0.15) is 0 Å². The lowest BCUT2D eigenvalue weighted by atomic mass is 10.0. The third-order valence-electron chi connectivity index (χ3n) is 6.79. The molecule has 6 nitrogen and oxygen atoms in total. The lowest BCUT2D eigenvalue weighted by molar-refractivity contribution is -0.161. The number of aliphatic hydroxyl groups excluding tert-OH is 2. The summed E-state index contributed by atoms with van der Waals surface area (Å²) in [5.74, 6) is 0.0585. The Balaban J connectivity index is 3.84. The van der Waals surface area contributed by atoms with E-state index < -0.39 is 18.2 Å². The molecule has 0 rings (SSSR count). The van der Waals surface area contributed by atoms with Crippen molar-refractivity contribution in [2.24, 2.45) is 5.92 Å². The predicted octanol–water partition coefficient (Wildman–Crippen LogP) is 9.05. The smallest absolute Gasteiger partial charge is 0.306 e. The number of carbonyl (C=O) groups excluding carboxylic acids is 2. The monoisotopic (exact) mass is 614 g/mol. The Labute approximate surface area is 268 Å². The van der Waals surface area contributed by atoms with Gasteiger partial charge in [-0.05, 0) is 50.9 Å². The Bertz CT molecular complexity index is 865.